The second-order valence-electron chi connectivity index (χ2n) is 7.77. The van der Waals surface area contributed by atoms with Crippen LogP contribution in [0.25, 0.3) is 5.78 Å². The van der Waals surface area contributed by atoms with Crippen molar-refractivity contribution in [1.29, 1.82) is 0 Å². The van der Waals surface area contributed by atoms with Crippen molar-refractivity contribution in [2.75, 3.05) is 0 Å². The zero-order chi connectivity index (χ0) is 17.3. The Morgan fingerprint density at radius 2 is 1.54 bits per heavy atom. The van der Waals surface area contributed by atoms with Gasteiger partial charge < -0.3 is 4.98 Å². The number of imidazole rings is 1. The molecule has 0 atom stereocenters. The Morgan fingerprint density at radius 3 is 2.46 bits per heavy atom. The number of hydrogen-bond acceptors (Lipinski definition) is 1. The molecule has 3 nitrogen and oxygen atoms in total. The number of rotatable bonds is 0. The van der Waals surface area contributed by atoms with Gasteiger partial charge in [0.2, 0.25) is 5.78 Å². The summed E-state index contributed by atoms with van der Waals surface area (Å²) in [7, 11) is 0. The van der Waals surface area contributed by atoms with Crippen molar-refractivity contribution < 1.29 is 0 Å². The Hall–Kier alpha value is -2.29. The van der Waals surface area contributed by atoms with Crippen LogP contribution in [0, 0.1) is 10.6 Å². The molecule has 3 heteroatoms. The highest BCUT2D eigenvalue weighted by Gasteiger charge is 2.18. The largest absolute Gasteiger partial charge is 0.327 e. The first-order valence-corrected chi connectivity index (χ1v) is 10.3. The molecule has 3 aliphatic carbocycles. The average molecular weight is 345 g/mol. The third-order valence-electron chi connectivity index (χ3n) is 6.05. The Balaban J connectivity index is 1.99. The van der Waals surface area contributed by atoms with Crippen molar-refractivity contribution in [3.63, 3.8) is 0 Å². The van der Waals surface area contributed by atoms with Gasteiger partial charge in [-0.15, -0.1) is 0 Å². The van der Waals surface area contributed by atoms with Crippen LogP contribution in [0.3, 0.4) is 0 Å². The number of aromatic amines is 1. The van der Waals surface area contributed by atoms with E-state index in [0.717, 1.165) is 31.5 Å². The lowest BCUT2D eigenvalue weighted by atomic mass is 9.95. The SMILES string of the molecule is c1cccc2n3c4c([nH]c3nc3c(c=2cc1)CCCC3)CCCCCC4. The van der Waals surface area contributed by atoms with Gasteiger partial charge in [0.25, 0.3) is 0 Å². The zero-order valence-corrected chi connectivity index (χ0v) is 15.4. The Bertz CT molecular complexity index is 1050. The maximum atomic E-state index is 5.17. The predicted molar refractivity (Wildman–Crippen MR) is 105 cm³/mol. The zero-order valence-electron chi connectivity index (χ0n) is 15.4. The highest BCUT2D eigenvalue weighted by atomic mass is 15.1. The van der Waals surface area contributed by atoms with E-state index in [9.17, 15) is 0 Å². The summed E-state index contributed by atoms with van der Waals surface area (Å²) in [6, 6.07) is 13.2. The van der Waals surface area contributed by atoms with Gasteiger partial charge in [-0.25, -0.2) is 4.98 Å². The lowest BCUT2D eigenvalue weighted by molar-refractivity contribution is 0.604. The van der Waals surface area contributed by atoms with Gasteiger partial charge in [0.05, 0.1) is 5.35 Å². The number of nitrogens with zero attached hydrogens (tertiary/aromatic N) is 2. The van der Waals surface area contributed by atoms with Gasteiger partial charge in [-0.3, -0.25) is 4.40 Å². The van der Waals surface area contributed by atoms with Crippen molar-refractivity contribution in [3.8, 4) is 0 Å². The summed E-state index contributed by atoms with van der Waals surface area (Å²) in [5, 5.41) is 2.67. The maximum Gasteiger partial charge on any atom is 0.212 e. The third-order valence-corrected chi connectivity index (χ3v) is 6.05. The molecule has 2 heterocycles. The summed E-state index contributed by atoms with van der Waals surface area (Å²) in [4.78, 5) is 8.89. The molecule has 134 valence electrons. The van der Waals surface area contributed by atoms with E-state index in [2.05, 4.69) is 45.8 Å². The molecule has 0 aromatic carbocycles. The van der Waals surface area contributed by atoms with Gasteiger partial charge in [0.15, 0.2) is 0 Å². The molecule has 0 spiro atoms. The van der Waals surface area contributed by atoms with Crippen LogP contribution in [-0.4, -0.2) is 14.4 Å². The van der Waals surface area contributed by atoms with E-state index in [-0.39, 0.29) is 0 Å². The van der Waals surface area contributed by atoms with Crippen LogP contribution >= 0.6 is 0 Å². The fourth-order valence-electron chi connectivity index (χ4n) is 4.76. The molecule has 1 aromatic heterocycles. The molecule has 0 saturated carbocycles. The highest BCUT2D eigenvalue weighted by molar-refractivity contribution is 5.40. The first-order chi connectivity index (χ1) is 12.9. The van der Waals surface area contributed by atoms with E-state index >= 15 is 0 Å². The van der Waals surface area contributed by atoms with Crippen LogP contribution in [0.2, 0.25) is 0 Å². The molecule has 1 N–H and O–H groups in total. The van der Waals surface area contributed by atoms with Crippen LogP contribution in [-0.2, 0) is 25.7 Å². The smallest absolute Gasteiger partial charge is 0.212 e. The first-order valence-electron chi connectivity index (χ1n) is 10.3. The molecular weight excluding hydrogens is 318 g/mol. The van der Waals surface area contributed by atoms with Gasteiger partial charge in [-0.2, -0.15) is 0 Å². The van der Waals surface area contributed by atoms with E-state index in [1.54, 1.807) is 0 Å². The van der Waals surface area contributed by atoms with E-state index in [4.69, 9.17) is 4.98 Å². The molecule has 0 unspecified atom stereocenters. The third kappa shape index (κ3) is 2.70. The second kappa shape index (κ2) is 6.79. The molecule has 5 rings (SSSR count). The van der Waals surface area contributed by atoms with Gasteiger partial charge in [-0.05, 0) is 63.0 Å². The number of aryl methyl sites for hydroxylation is 3. The number of hydrogen-bond donors (Lipinski definition) is 1. The van der Waals surface area contributed by atoms with Gasteiger partial charge in [0, 0.05) is 22.3 Å². The molecule has 0 fully saturated rings. The minimum atomic E-state index is 1.04. The topological polar surface area (TPSA) is 33.1 Å². The van der Waals surface area contributed by atoms with E-state index in [1.165, 1.54) is 71.7 Å². The lowest BCUT2D eigenvalue weighted by Gasteiger charge is -2.12. The number of nitrogens with one attached hydrogen (secondary N) is 1. The monoisotopic (exact) mass is 345 g/mol. The van der Waals surface area contributed by atoms with Crippen molar-refractivity contribution in [2.24, 2.45) is 0 Å². The molecule has 0 amide bonds. The van der Waals surface area contributed by atoms with Crippen molar-refractivity contribution >= 4 is 5.78 Å². The molecule has 0 saturated heterocycles. The quantitative estimate of drug-likeness (QED) is 0.608. The van der Waals surface area contributed by atoms with Crippen molar-refractivity contribution in [1.82, 2.24) is 14.4 Å². The van der Waals surface area contributed by atoms with E-state index < -0.39 is 0 Å². The summed E-state index contributed by atoms with van der Waals surface area (Å²) in [5.41, 5.74) is 5.62. The average Bonchev–Trinajstić information content (AvgIpc) is 2.86. The van der Waals surface area contributed by atoms with Gasteiger partial charge in [-0.1, -0.05) is 43.2 Å². The Morgan fingerprint density at radius 1 is 0.769 bits per heavy atom. The maximum absolute atomic E-state index is 5.17. The molecule has 4 aliphatic rings. The number of aromatic nitrogens is 3. The summed E-state index contributed by atoms with van der Waals surface area (Å²) < 4.78 is 2.44. The highest BCUT2D eigenvalue weighted by Crippen LogP contribution is 2.25. The minimum Gasteiger partial charge on any atom is -0.327 e. The Kier molecular flexibility index (Phi) is 4.16. The van der Waals surface area contributed by atoms with Crippen molar-refractivity contribution in [2.45, 2.75) is 64.2 Å². The Labute approximate surface area is 154 Å². The van der Waals surface area contributed by atoms with Crippen LogP contribution in [0.1, 0.15) is 61.2 Å². The molecule has 1 aromatic rings. The van der Waals surface area contributed by atoms with Crippen LogP contribution in [0.5, 0.6) is 0 Å². The fourth-order valence-corrected chi connectivity index (χ4v) is 4.76. The number of fused-ring (bicyclic) bond motifs is 6. The number of H-pyrrole nitrogens is 1. The molecule has 0 radical (unpaired) electrons. The fraction of sp³-hybridized carbons (Fsp3) is 0.435. The minimum absolute atomic E-state index is 1.04. The molecule has 1 aliphatic heterocycles. The van der Waals surface area contributed by atoms with Crippen molar-refractivity contribution in [3.05, 3.63) is 69.6 Å². The summed E-state index contributed by atoms with van der Waals surface area (Å²) in [5.74, 6) is 1.04. The van der Waals surface area contributed by atoms with Crippen LogP contribution in [0.4, 0.5) is 0 Å². The standard InChI is InChI=1S/C23H27N3/c1-3-7-15-21-18(12-5-1)17-11-9-10-13-19(17)24-23-25-20-14-6-2-4-8-16-22(20)26(21)23/h1,3,5,7,12,15H,2,4,6,8-11,13-14,16H2,(H,24,25). The molecule has 0 bridgehead atoms. The first kappa shape index (κ1) is 15.9. The van der Waals surface area contributed by atoms with Gasteiger partial charge >= 0.3 is 0 Å². The summed E-state index contributed by atoms with van der Waals surface area (Å²) in [6.07, 6.45) is 12.3. The van der Waals surface area contributed by atoms with Crippen LogP contribution in [0.15, 0.2) is 36.4 Å². The summed E-state index contributed by atoms with van der Waals surface area (Å²) >= 11 is 0. The van der Waals surface area contributed by atoms with E-state index in [0.29, 0.717) is 0 Å². The van der Waals surface area contributed by atoms with Crippen LogP contribution < -0.4 is 0 Å². The van der Waals surface area contributed by atoms with E-state index in [1.807, 2.05) is 0 Å². The lowest BCUT2D eigenvalue weighted by Crippen LogP contribution is -2.04. The normalized spacial score (nSPS) is 17.2. The van der Waals surface area contributed by atoms with Gasteiger partial charge in [0.1, 0.15) is 0 Å². The predicted octanol–water partition coefficient (Wildman–Crippen LogP) is 5.05. The summed E-state index contributed by atoms with van der Waals surface area (Å²) in [6.45, 7) is 0. The second-order valence-corrected chi connectivity index (χ2v) is 7.77. The molecule has 26 heavy (non-hydrogen) atoms. The molecular formula is C23H27N3.